The highest BCUT2D eigenvalue weighted by molar-refractivity contribution is 7.89. The van der Waals surface area contributed by atoms with Crippen LogP contribution in [0.3, 0.4) is 0 Å². The second-order valence-electron chi connectivity index (χ2n) is 4.74. The zero-order valence-corrected chi connectivity index (χ0v) is 12.0. The van der Waals surface area contributed by atoms with E-state index in [1.165, 1.54) is 4.31 Å². The highest BCUT2D eigenvalue weighted by Crippen LogP contribution is 2.30. The predicted molar refractivity (Wildman–Crippen MR) is 70.8 cm³/mol. The molecule has 0 unspecified atom stereocenters. The van der Waals surface area contributed by atoms with Crippen molar-refractivity contribution < 1.29 is 8.42 Å². The molecule has 1 N–H and O–H groups in total. The van der Waals surface area contributed by atoms with Gasteiger partial charge >= 0.3 is 0 Å². The third-order valence-electron chi connectivity index (χ3n) is 3.40. The van der Waals surface area contributed by atoms with E-state index in [1.54, 1.807) is 19.3 Å². The van der Waals surface area contributed by atoms with E-state index >= 15 is 0 Å². The van der Waals surface area contributed by atoms with Gasteiger partial charge in [-0.2, -0.15) is 4.31 Å². The molecule has 0 atom stereocenters. The third-order valence-corrected chi connectivity index (χ3v) is 5.27. The van der Waals surface area contributed by atoms with E-state index in [1.807, 2.05) is 18.5 Å². The fourth-order valence-corrected chi connectivity index (χ4v) is 3.57. The van der Waals surface area contributed by atoms with E-state index in [9.17, 15) is 8.42 Å². The van der Waals surface area contributed by atoms with Crippen LogP contribution in [0.2, 0.25) is 0 Å². The molecule has 0 aromatic carbocycles. The lowest BCUT2D eigenvalue weighted by molar-refractivity contribution is 0.464. The second kappa shape index (κ2) is 5.03. The van der Waals surface area contributed by atoms with Gasteiger partial charge in [-0.05, 0) is 32.9 Å². The minimum atomic E-state index is -3.32. The van der Waals surface area contributed by atoms with Crippen molar-refractivity contribution in [2.24, 2.45) is 0 Å². The SMILES string of the molecule is CCn1cc(S(=O)(=O)N(C)C2CC2)cc1CNC. The van der Waals surface area contributed by atoms with E-state index in [2.05, 4.69) is 5.32 Å². The first-order chi connectivity index (χ1) is 8.50. The van der Waals surface area contributed by atoms with Gasteiger partial charge in [0.2, 0.25) is 10.0 Å². The quantitative estimate of drug-likeness (QED) is 0.840. The van der Waals surface area contributed by atoms with Crippen LogP contribution < -0.4 is 5.32 Å². The first-order valence-corrected chi connectivity index (χ1v) is 7.76. The Balaban J connectivity index is 2.32. The summed E-state index contributed by atoms with van der Waals surface area (Å²) >= 11 is 0. The molecule has 0 aliphatic heterocycles. The van der Waals surface area contributed by atoms with E-state index in [4.69, 9.17) is 0 Å². The summed E-state index contributed by atoms with van der Waals surface area (Å²) in [5.41, 5.74) is 1.00. The molecular weight excluding hydrogens is 250 g/mol. The maximum Gasteiger partial charge on any atom is 0.244 e. The normalized spacial score (nSPS) is 16.4. The van der Waals surface area contributed by atoms with Crippen molar-refractivity contribution in [3.63, 3.8) is 0 Å². The molecule has 1 fully saturated rings. The van der Waals surface area contributed by atoms with Gasteiger partial charge in [0.25, 0.3) is 0 Å². The number of hydrogen-bond donors (Lipinski definition) is 1. The number of sulfonamides is 1. The van der Waals surface area contributed by atoms with E-state index < -0.39 is 10.0 Å². The zero-order valence-electron chi connectivity index (χ0n) is 11.2. The summed E-state index contributed by atoms with van der Waals surface area (Å²) in [4.78, 5) is 0.406. The Kier molecular flexibility index (Phi) is 3.79. The maximum atomic E-state index is 12.4. The Labute approximate surface area is 109 Å². The second-order valence-corrected chi connectivity index (χ2v) is 6.73. The summed E-state index contributed by atoms with van der Waals surface area (Å²) < 4.78 is 28.3. The van der Waals surface area contributed by atoms with Crippen molar-refractivity contribution in [2.75, 3.05) is 14.1 Å². The van der Waals surface area contributed by atoms with Crippen molar-refractivity contribution in [3.05, 3.63) is 18.0 Å². The molecule has 1 aliphatic rings. The van der Waals surface area contributed by atoms with Crippen LogP contribution >= 0.6 is 0 Å². The number of aromatic nitrogens is 1. The molecule has 0 spiro atoms. The van der Waals surface area contributed by atoms with Gasteiger partial charge in [-0.15, -0.1) is 0 Å². The lowest BCUT2D eigenvalue weighted by Gasteiger charge is -2.14. The monoisotopic (exact) mass is 271 g/mol. The van der Waals surface area contributed by atoms with Crippen LogP contribution in [-0.2, 0) is 23.1 Å². The molecule has 102 valence electrons. The van der Waals surface area contributed by atoms with E-state index in [0.29, 0.717) is 11.4 Å². The van der Waals surface area contributed by atoms with Crippen LogP contribution in [0.5, 0.6) is 0 Å². The van der Waals surface area contributed by atoms with Crippen LogP contribution in [0.4, 0.5) is 0 Å². The van der Waals surface area contributed by atoms with Gasteiger partial charge in [-0.1, -0.05) is 0 Å². The van der Waals surface area contributed by atoms with Gasteiger partial charge in [0, 0.05) is 38.1 Å². The molecular formula is C12H21N3O2S. The van der Waals surface area contributed by atoms with E-state index in [0.717, 1.165) is 25.1 Å². The number of nitrogens with one attached hydrogen (secondary N) is 1. The Bertz CT molecular complexity index is 517. The first-order valence-electron chi connectivity index (χ1n) is 6.32. The Morgan fingerprint density at radius 2 is 2.17 bits per heavy atom. The number of rotatable bonds is 6. The summed E-state index contributed by atoms with van der Waals surface area (Å²) in [6.07, 6.45) is 3.70. The average molecular weight is 271 g/mol. The molecule has 0 bridgehead atoms. The van der Waals surface area contributed by atoms with E-state index in [-0.39, 0.29) is 6.04 Å². The van der Waals surface area contributed by atoms with Crippen LogP contribution in [-0.4, -0.2) is 37.4 Å². The van der Waals surface area contributed by atoms with Crippen molar-refractivity contribution in [1.29, 1.82) is 0 Å². The molecule has 18 heavy (non-hydrogen) atoms. The number of hydrogen-bond acceptors (Lipinski definition) is 3. The fourth-order valence-electron chi connectivity index (χ4n) is 2.09. The van der Waals surface area contributed by atoms with Gasteiger partial charge < -0.3 is 9.88 Å². The molecule has 1 aromatic heterocycles. The summed E-state index contributed by atoms with van der Waals surface area (Å²) in [5.74, 6) is 0. The molecule has 1 aromatic rings. The molecule has 5 nitrogen and oxygen atoms in total. The largest absolute Gasteiger partial charge is 0.349 e. The lowest BCUT2D eigenvalue weighted by Crippen LogP contribution is -2.28. The topological polar surface area (TPSA) is 54.3 Å². The summed E-state index contributed by atoms with van der Waals surface area (Å²) in [7, 11) is 0.212. The van der Waals surface area contributed by atoms with Crippen molar-refractivity contribution in [2.45, 2.75) is 43.8 Å². The first kappa shape index (κ1) is 13.6. The predicted octanol–water partition coefficient (Wildman–Crippen LogP) is 1.01. The highest BCUT2D eigenvalue weighted by atomic mass is 32.2. The van der Waals surface area contributed by atoms with Gasteiger partial charge in [-0.3, -0.25) is 0 Å². The molecule has 0 saturated heterocycles. The van der Waals surface area contributed by atoms with Crippen molar-refractivity contribution in [1.82, 2.24) is 14.2 Å². The van der Waals surface area contributed by atoms with Crippen LogP contribution in [0.25, 0.3) is 0 Å². The van der Waals surface area contributed by atoms with Gasteiger partial charge in [-0.25, -0.2) is 8.42 Å². The Morgan fingerprint density at radius 3 is 2.67 bits per heavy atom. The summed E-state index contributed by atoms with van der Waals surface area (Å²) in [5, 5.41) is 3.06. The standard InChI is InChI=1S/C12H21N3O2S/c1-4-15-9-12(7-11(15)8-13-2)18(16,17)14(3)10-5-6-10/h7,9-10,13H,4-6,8H2,1-3H3. The Morgan fingerprint density at radius 1 is 1.50 bits per heavy atom. The summed E-state index contributed by atoms with van der Waals surface area (Å²) in [6.45, 7) is 3.47. The molecule has 2 rings (SSSR count). The molecule has 0 amide bonds. The van der Waals surface area contributed by atoms with Crippen molar-refractivity contribution >= 4 is 10.0 Å². The van der Waals surface area contributed by atoms with Crippen LogP contribution in [0.15, 0.2) is 17.2 Å². The smallest absolute Gasteiger partial charge is 0.244 e. The summed E-state index contributed by atoms with van der Waals surface area (Å²) in [6, 6.07) is 1.97. The molecule has 6 heteroatoms. The zero-order chi connectivity index (χ0) is 13.3. The van der Waals surface area contributed by atoms with Gasteiger partial charge in [0.1, 0.15) is 4.90 Å². The molecule has 1 heterocycles. The van der Waals surface area contributed by atoms with Crippen molar-refractivity contribution in [3.8, 4) is 0 Å². The highest BCUT2D eigenvalue weighted by Gasteiger charge is 2.35. The molecule has 0 radical (unpaired) electrons. The minimum absolute atomic E-state index is 0.202. The average Bonchev–Trinajstić information content (AvgIpc) is 3.10. The lowest BCUT2D eigenvalue weighted by atomic mass is 10.4. The molecule has 1 saturated carbocycles. The van der Waals surface area contributed by atoms with Gasteiger partial charge in [0.05, 0.1) is 0 Å². The number of nitrogens with zero attached hydrogens (tertiary/aromatic N) is 2. The maximum absolute atomic E-state index is 12.4. The molecule has 1 aliphatic carbocycles. The van der Waals surface area contributed by atoms with Gasteiger partial charge in [0.15, 0.2) is 0 Å². The fraction of sp³-hybridized carbons (Fsp3) is 0.667. The van der Waals surface area contributed by atoms with Crippen LogP contribution in [0, 0.1) is 0 Å². The number of aryl methyl sites for hydroxylation is 1. The third kappa shape index (κ3) is 2.46. The Hall–Kier alpha value is -0.850. The minimum Gasteiger partial charge on any atom is -0.349 e. The van der Waals surface area contributed by atoms with Crippen LogP contribution in [0.1, 0.15) is 25.5 Å².